The standard InChI is InChI=1S/C25H26N4O3S/c30-24(19-14-15-8-4-6-12-18(15)32-19)28-27-23-22-21(17-11-5-7-13-20(17)33-22)29(25(31)26-23)16-9-2-1-3-10-16/h4,6,8,12,14,16H,1-3,5,7,9-11,13H2,(H,28,30)(H,26,27,31). The summed E-state index contributed by atoms with van der Waals surface area (Å²) in [6.45, 7) is 0. The third-order valence-corrected chi connectivity index (χ3v) is 8.18. The number of fused-ring (bicyclic) bond motifs is 4. The highest BCUT2D eigenvalue weighted by Gasteiger charge is 2.27. The smallest absolute Gasteiger partial charge is 0.350 e. The van der Waals surface area contributed by atoms with E-state index in [-0.39, 0.29) is 17.5 Å². The van der Waals surface area contributed by atoms with Crippen molar-refractivity contribution in [2.24, 2.45) is 0 Å². The molecule has 0 atom stereocenters. The van der Waals surface area contributed by atoms with E-state index in [1.165, 1.54) is 23.3 Å². The Labute approximate surface area is 194 Å². The number of hydrogen-bond acceptors (Lipinski definition) is 6. The van der Waals surface area contributed by atoms with Gasteiger partial charge in [0.15, 0.2) is 11.6 Å². The molecule has 170 valence electrons. The highest BCUT2D eigenvalue weighted by molar-refractivity contribution is 7.19. The summed E-state index contributed by atoms with van der Waals surface area (Å²) in [6.07, 6.45) is 9.94. The Hall–Kier alpha value is -3.13. The molecule has 2 N–H and O–H groups in total. The van der Waals surface area contributed by atoms with Gasteiger partial charge in [-0.15, -0.1) is 11.3 Å². The van der Waals surface area contributed by atoms with Crippen LogP contribution in [-0.4, -0.2) is 15.5 Å². The molecule has 1 saturated carbocycles. The SMILES string of the molecule is O=C(NNc1nc(=O)n(C2CCCCC2)c2c3c(sc12)CCCC3)c1cc2ccccc2o1. The quantitative estimate of drug-likeness (QED) is 0.399. The summed E-state index contributed by atoms with van der Waals surface area (Å²) in [7, 11) is 0. The van der Waals surface area contributed by atoms with E-state index in [0.29, 0.717) is 11.4 Å². The number of carbonyl (C=O) groups excluding carboxylic acids is 1. The molecule has 0 aliphatic heterocycles. The van der Waals surface area contributed by atoms with Crippen molar-refractivity contribution in [1.29, 1.82) is 0 Å². The maximum atomic E-state index is 13.3. The van der Waals surface area contributed by atoms with E-state index in [1.807, 2.05) is 28.8 Å². The van der Waals surface area contributed by atoms with Crippen molar-refractivity contribution in [3.05, 3.63) is 57.0 Å². The molecule has 4 aromatic rings. The fourth-order valence-electron chi connectivity index (χ4n) is 5.29. The highest BCUT2D eigenvalue weighted by Crippen LogP contribution is 2.40. The molecule has 6 rings (SSSR count). The molecule has 7 nitrogen and oxygen atoms in total. The van der Waals surface area contributed by atoms with Crippen LogP contribution in [0.2, 0.25) is 0 Å². The van der Waals surface area contributed by atoms with Gasteiger partial charge in [0.2, 0.25) is 0 Å². The summed E-state index contributed by atoms with van der Waals surface area (Å²) in [5.74, 6) is 0.228. The molecule has 33 heavy (non-hydrogen) atoms. The Morgan fingerprint density at radius 1 is 1.09 bits per heavy atom. The summed E-state index contributed by atoms with van der Waals surface area (Å²) in [5, 5.41) is 0.865. The summed E-state index contributed by atoms with van der Waals surface area (Å²) in [6, 6.07) is 9.41. The van der Waals surface area contributed by atoms with Crippen molar-refractivity contribution in [3.8, 4) is 0 Å². The lowest BCUT2D eigenvalue weighted by Gasteiger charge is -2.25. The van der Waals surface area contributed by atoms with Gasteiger partial charge in [0.1, 0.15) is 5.58 Å². The van der Waals surface area contributed by atoms with Crippen LogP contribution in [0.25, 0.3) is 21.2 Å². The minimum absolute atomic E-state index is 0.209. The Morgan fingerprint density at radius 3 is 2.76 bits per heavy atom. The molecule has 2 aliphatic rings. The molecule has 1 amide bonds. The second kappa shape index (κ2) is 8.33. The fourth-order valence-corrected chi connectivity index (χ4v) is 6.62. The fraction of sp³-hybridized carbons (Fsp3) is 0.400. The lowest BCUT2D eigenvalue weighted by molar-refractivity contribution is 0.0937. The van der Waals surface area contributed by atoms with E-state index < -0.39 is 5.91 Å². The first kappa shape index (κ1) is 20.5. The van der Waals surface area contributed by atoms with Crippen LogP contribution in [0.15, 0.2) is 39.5 Å². The first-order chi connectivity index (χ1) is 16.2. The first-order valence-electron chi connectivity index (χ1n) is 11.8. The van der Waals surface area contributed by atoms with Crippen molar-refractivity contribution in [3.63, 3.8) is 0 Å². The predicted molar refractivity (Wildman–Crippen MR) is 130 cm³/mol. The van der Waals surface area contributed by atoms with Crippen LogP contribution < -0.4 is 16.5 Å². The minimum atomic E-state index is -0.404. The molecular weight excluding hydrogens is 436 g/mol. The van der Waals surface area contributed by atoms with Crippen LogP contribution in [0.4, 0.5) is 5.82 Å². The van der Waals surface area contributed by atoms with Crippen LogP contribution in [0.5, 0.6) is 0 Å². The number of hydrogen-bond donors (Lipinski definition) is 2. The number of hydrazine groups is 1. The molecule has 1 fully saturated rings. The molecule has 0 unspecified atom stereocenters. The largest absolute Gasteiger partial charge is 0.451 e. The van der Waals surface area contributed by atoms with E-state index >= 15 is 0 Å². The minimum Gasteiger partial charge on any atom is -0.451 e. The number of carbonyl (C=O) groups is 1. The molecule has 1 aromatic carbocycles. The van der Waals surface area contributed by atoms with Crippen molar-refractivity contribution in [2.45, 2.75) is 63.8 Å². The number of nitrogens with zero attached hydrogens (tertiary/aromatic N) is 2. The number of aryl methyl sites for hydroxylation is 2. The second-order valence-electron chi connectivity index (χ2n) is 9.02. The van der Waals surface area contributed by atoms with Crippen LogP contribution in [0.3, 0.4) is 0 Å². The maximum absolute atomic E-state index is 13.3. The summed E-state index contributed by atoms with van der Waals surface area (Å²) in [5.41, 5.74) is 8.38. The normalized spacial score (nSPS) is 16.7. The van der Waals surface area contributed by atoms with Gasteiger partial charge in [-0.25, -0.2) is 4.79 Å². The Morgan fingerprint density at radius 2 is 1.91 bits per heavy atom. The van der Waals surface area contributed by atoms with E-state index in [2.05, 4.69) is 15.8 Å². The van der Waals surface area contributed by atoms with Gasteiger partial charge in [-0.3, -0.25) is 20.2 Å². The Bertz CT molecular complexity index is 1380. The molecule has 8 heteroatoms. The maximum Gasteiger partial charge on any atom is 0.350 e. The average molecular weight is 463 g/mol. The van der Waals surface area contributed by atoms with Gasteiger partial charge in [-0.05, 0) is 56.2 Å². The van der Waals surface area contributed by atoms with E-state index in [4.69, 9.17) is 4.42 Å². The number of anilines is 1. The van der Waals surface area contributed by atoms with Gasteiger partial charge in [0.25, 0.3) is 0 Å². The van der Waals surface area contributed by atoms with Crippen molar-refractivity contribution >= 4 is 44.2 Å². The lowest BCUT2D eigenvalue weighted by atomic mass is 9.94. The lowest BCUT2D eigenvalue weighted by Crippen LogP contribution is -2.33. The van der Waals surface area contributed by atoms with Gasteiger partial charge < -0.3 is 4.42 Å². The van der Waals surface area contributed by atoms with Crippen LogP contribution in [0.1, 0.15) is 72.0 Å². The van der Waals surface area contributed by atoms with Crippen LogP contribution in [0, 0.1) is 0 Å². The second-order valence-corrected chi connectivity index (χ2v) is 10.1. The summed E-state index contributed by atoms with van der Waals surface area (Å²) >= 11 is 1.71. The zero-order chi connectivity index (χ0) is 22.4. The number of benzene rings is 1. The highest BCUT2D eigenvalue weighted by atomic mass is 32.1. The molecule has 0 bridgehead atoms. The molecule has 0 radical (unpaired) electrons. The van der Waals surface area contributed by atoms with Crippen LogP contribution in [-0.2, 0) is 12.8 Å². The topological polar surface area (TPSA) is 89.2 Å². The van der Waals surface area contributed by atoms with Crippen LogP contribution >= 0.6 is 11.3 Å². The van der Waals surface area contributed by atoms with Gasteiger partial charge >= 0.3 is 11.6 Å². The molecule has 0 saturated heterocycles. The van der Waals surface area contributed by atoms with Gasteiger partial charge in [0.05, 0.1) is 10.2 Å². The summed E-state index contributed by atoms with van der Waals surface area (Å²) in [4.78, 5) is 31.7. The van der Waals surface area contributed by atoms with Crippen molar-refractivity contribution < 1.29 is 9.21 Å². The molecule has 2 aliphatic carbocycles. The number of thiophene rings is 1. The molecular formula is C25H26N4O3S. The zero-order valence-corrected chi connectivity index (χ0v) is 19.2. The Kier molecular flexibility index (Phi) is 5.17. The number of rotatable bonds is 4. The molecule has 3 heterocycles. The third-order valence-electron chi connectivity index (χ3n) is 6.90. The number of nitrogens with one attached hydrogen (secondary N) is 2. The van der Waals surface area contributed by atoms with Crippen molar-refractivity contribution in [1.82, 2.24) is 15.0 Å². The van der Waals surface area contributed by atoms with Crippen molar-refractivity contribution in [2.75, 3.05) is 5.43 Å². The predicted octanol–water partition coefficient (Wildman–Crippen LogP) is 5.35. The first-order valence-corrected chi connectivity index (χ1v) is 12.6. The zero-order valence-electron chi connectivity index (χ0n) is 18.4. The molecule has 3 aromatic heterocycles. The van der Waals surface area contributed by atoms with E-state index in [1.54, 1.807) is 17.4 Å². The molecule has 0 spiro atoms. The van der Waals surface area contributed by atoms with Gasteiger partial charge in [0, 0.05) is 16.3 Å². The monoisotopic (exact) mass is 462 g/mol. The van der Waals surface area contributed by atoms with E-state index in [9.17, 15) is 9.59 Å². The van der Waals surface area contributed by atoms with Gasteiger partial charge in [-0.1, -0.05) is 37.5 Å². The Balaban J connectivity index is 1.37. The number of furan rings is 1. The third kappa shape index (κ3) is 3.62. The number of para-hydroxylation sites is 1. The summed E-state index contributed by atoms with van der Waals surface area (Å²) < 4.78 is 8.57. The number of aromatic nitrogens is 2. The van der Waals surface area contributed by atoms with Gasteiger partial charge in [-0.2, -0.15) is 4.98 Å². The average Bonchev–Trinajstić information content (AvgIpc) is 3.45. The number of amides is 1. The van der Waals surface area contributed by atoms with E-state index in [0.717, 1.165) is 60.5 Å².